The molecule has 1 heterocycles. The summed E-state index contributed by atoms with van der Waals surface area (Å²) in [5, 5.41) is 14.7. The molecule has 0 saturated heterocycles. The van der Waals surface area contributed by atoms with Crippen molar-refractivity contribution in [2.45, 2.75) is 11.9 Å². The topological polar surface area (TPSA) is 112 Å². The summed E-state index contributed by atoms with van der Waals surface area (Å²) < 4.78 is 26.3. The molecule has 7 nitrogen and oxygen atoms in total. The maximum Gasteiger partial charge on any atom is 0.335 e. The summed E-state index contributed by atoms with van der Waals surface area (Å²) in [7, 11) is -3.80. The molecule has 0 bridgehead atoms. The van der Waals surface area contributed by atoms with Crippen molar-refractivity contribution < 1.29 is 18.3 Å². The molecule has 3 N–H and O–H groups in total. The molecule has 0 radical (unpaired) electrons. The van der Waals surface area contributed by atoms with Crippen molar-refractivity contribution in [1.82, 2.24) is 10.2 Å². The predicted molar refractivity (Wildman–Crippen MR) is 67.5 cm³/mol. The highest BCUT2D eigenvalue weighted by Crippen LogP contribution is 2.20. The molecule has 0 saturated carbocycles. The minimum Gasteiger partial charge on any atom is -0.478 e. The van der Waals surface area contributed by atoms with E-state index in [9.17, 15) is 13.2 Å². The molecule has 2 rings (SSSR count). The molecule has 100 valence electrons. The van der Waals surface area contributed by atoms with E-state index in [1.807, 2.05) is 0 Å². The first-order chi connectivity index (χ1) is 8.90. The average Bonchev–Trinajstić information content (AvgIpc) is 2.85. The number of aromatic amines is 1. The number of aromatic carboxylic acids is 1. The highest BCUT2D eigenvalue weighted by Gasteiger charge is 2.17. The van der Waals surface area contributed by atoms with Crippen molar-refractivity contribution in [3.63, 3.8) is 0 Å². The van der Waals surface area contributed by atoms with Crippen LogP contribution in [0.1, 0.15) is 15.9 Å². The second-order valence-corrected chi connectivity index (χ2v) is 5.51. The zero-order valence-corrected chi connectivity index (χ0v) is 10.7. The monoisotopic (exact) mass is 281 g/mol. The Bertz CT molecular complexity index is 708. The number of rotatable bonds is 4. The smallest absolute Gasteiger partial charge is 0.335 e. The third-order valence-electron chi connectivity index (χ3n) is 2.49. The Morgan fingerprint density at radius 3 is 2.68 bits per heavy atom. The Hall–Kier alpha value is -2.35. The summed E-state index contributed by atoms with van der Waals surface area (Å²) in [6, 6.07) is 5.52. The van der Waals surface area contributed by atoms with E-state index in [0.717, 1.165) is 0 Å². The van der Waals surface area contributed by atoms with Crippen LogP contribution in [-0.2, 0) is 10.0 Å². The van der Waals surface area contributed by atoms with Gasteiger partial charge in [-0.2, -0.15) is 13.5 Å². The highest BCUT2D eigenvalue weighted by molar-refractivity contribution is 7.92. The Balaban J connectivity index is 2.39. The third kappa shape index (κ3) is 2.74. The van der Waals surface area contributed by atoms with Gasteiger partial charge in [-0.15, -0.1) is 0 Å². The Kier molecular flexibility index (Phi) is 3.26. The van der Waals surface area contributed by atoms with Gasteiger partial charge in [0.05, 0.1) is 17.4 Å². The highest BCUT2D eigenvalue weighted by atomic mass is 32.2. The van der Waals surface area contributed by atoms with Crippen LogP contribution in [0.15, 0.2) is 35.5 Å². The van der Waals surface area contributed by atoms with Gasteiger partial charge in [-0.1, -0.05) is 6.07 Å². The van der Waals surface area contributed by atoms with Crippen LogP contribution < -0.4 is 4.72 Å². The molecule has 0 amide bonds. The van der Waals surface area contributed by atoms with Crippen LogP contribution in [0.5, 0.6) is 0 Å². The number of anilines is 1. The molecule has 0 aliphatic carbocycles. The quantitative estimate of drug-likeness (QED) is 0.780. The maximum atomic E-state index is 12.0. The van der Waals surface area contributed by atoms with Crippen LogP contribution in [0.25, 0.3) is 0 Å². The summed E-state index contributed by atoms with van der Waals surface area (Å²) in [5.41, 5.74) is 0.843. The number of hydrogen-bond donors (Lipinski definition) is 3. The van der Waals surface area contributed by atoms with Gasteiger partial charge in [0.15, 0.2) is 5.03 Å². The number of carboxylic acid groups (broad SMARTS) is 1. The number of benzene rings is 1. The molecule has 0 aliphatic rings. The zero-order valence-electron chi connectivity index (χ0n) is 9.91. The van der Waals surface area contributed by atoms with E-state index in [4.69, 9.17) is 5.11 Å². The molecule has 0 unspecified atom stereocenters. The van der Waals surface area contributed by atoms with E-state index in [-0.39, 0.29) is 16.3 Å². The first-order valence-corrected chi connectivity index (χ1v) is 6.74. The third-order valence-corrected chi connectivity index (χ3v) is 3.79. The molecular weight excluding hydrogens is 270 g/mol. The van der Waals surface area contributed by atoms with Gasteiger partial charge in [-0.25, -0.2) is 4.79 Å². The number of H-pyrrole nitrogens is 1. The SMILES string of the molecule is Cc1ccc(C(=O)O)cc1NS(=O)(=O)c1ccn[nH]1. The molecule has 19 heavy (non-hydrogen) atoms. The lowest BCUT2D eigenvalue weighted by atomic mass is 10.1. The summed E-state index contributed by atoms with van der Waals surface area (Å²) in [4.78, 5) is 10.9. The van der Waals surface area contributed by atoms with Crippen LogP contribution >= 0.6 is 0 Å². The molecule has 0 atom stereocenters. The molecule has 1 aromatic heterocycles. The van der Waals surface area contributed by atoms with E-state index < -0.39 is 16.0 Å². The lowest BCUT2D eigenvalue weighted by Gasteiger charge is -2.09. The zero-order chi connectivity index (χ0) is 14.0. The minimum atomic E-state index is -3.80. The summed E-state index contributed by atoms with van der Waals surface area (Å²) in [6.07, 6.45) is 1.31. The van der Waals surface area contributed by atoms with Gasteiger partial charge in [-0.3, -0.25) is 9.82 Å². The first-order valence-electron chi connectivity index (χ1n) is 5.26. The van der Waals surface area contributed by atoms with Crippen LogP contribution in [0.3, 0.4) is 0 Å². The van der Waals surface area contributed by atoms with Gasteiger partial charge in [0, 0.05) is 0 Å². The molecular formula is C11H11N3O4S. The van der Waals surface area contributed by atoms with E-state index >= 15 is 0 Å². The number of nitrogens with zero attached hydrogens (tertiary/aromatic N) is 1. The van der Waals surface area contributed by atoms with Gasteiger partial charge in [0.1, 0.15) is 0 Å². The van der Waals surface area contributed by atoms with Gasteiger partial charge in [-0.05, 0) is 30.7 Å². The van der Waals surface area contributed by atoms with E-state index in [1.165, 1.54) is 30.5 Å². The Labute approximate surface area is 109 Å². The number of carboxylic acids is 1. The lowest BCUT2D eigenvalue weighted by molar-refractivity contribution is 0.0697. The van der Waals surface area contributed by atoms with Crippen molar-refractivity contribution in [1.29, 1.82) is 0 Å². The van der Waals surface area contributed by atoms with Crippen LogP contribution in [0, 0.1) is 6.92 Å². The van der Waals surface area contributed by atoms with Crippen molar-refractivity contribution in [3.05, 3.63) is 41.6 Å². The average molecular weight is 281 g/mol. The maximum absolute atomic E-state index is 12.0. The molecule has 0 spiro atoms. The van der Waals surface area contributed by atoms with Crippen LogP contribution in [-0.4, -0.2) is 29.7 Å². The largest absolute Gasteiger partial charge is 0.478 e. The minimum absolute atomic E-state index is 0.00732. The lowest BCUT2D eigenvalue weighted by Crippen LogP contribution is -2.14. The molecule has 8 heteroatoms. The molecule has 2 aromatic rings. The fourth-order valence-electron chi connectivity index (χ4n) is 1.46. The normalized spacial score (nSPS) is 11.2. The van der Waals surface area contributed by atoms with Crippen LogP contribution in [0.2, 0.25) is 0 Å². The molecule has 1 aromatic carbocycles. The number of carbonyl (C=O) groups is 1. The standard InChI is InChI=1S/C11H11N3O4S/c1-7-2-3-8(11(15)16)6-9(7)14-19(17,18)10-4-5-12-13-10/h2-6,14H,1H3,(H,12,13)(H,15,16). The van der Waals surface area contributed by atoms with Crippen LogP contribution in [0.4, 0.5) is 5.69 Å². The van der Waals surface area contributed by atoms with Crippen molar-refractivity contribution in [3.8, 4) is 0 Å². The van der Waals surface area contributed by atoms with E-state index in [1.54, 1.807) is 6.92 Å². The number of hydrogen-bond acceptors (Lipinski definition) is 4. The van der Waals surface area contributed by atoms with E-state index in [2.05, 4.69) is 14.9 Å². The second kappa shape index (κ2) is 4.73. The molecule has 0 fully saturated rings. The van der Waals surface area contributed by atoms with Gasteiger partial charge >= 0.3 is 5.97 Å². The van der Waals surface area contributed by atoms with Crippen molar-refractivity contribution >= 4 is 21.7 Å². The number of aromatic nitrogens is 2. The number of aryl methyl sites for hydroxylation is 1. The van der Waals surface area contributed by atoms with Gasteiger partial charge in [0.25, 0.3) is 10.0 Å². The Morgan fingerprint density at radius 2 is 2.11 bits per heavy atom. The van der Waals surface area contributed by atoms with E-state index in [0.29, 0.717) is 5.56 Å². The fourth-order valence-corrected chi connectivity index (χ4v) is 2.49. The fraction of sp³-hybridized carbons (Fsp3) is 0.0909. The predicted octanol–water partition coefficient (Wildman–Crippen LogP) is 1.22. The Morgan fingerprint density at radius 1 is 1.37 bits per heavy atom. The van der Waals surface area contributed by atoms with Gasteiger partial charge < -0.3 is 5.11 Å². The van der Waals surface area contributed by atoms with Crippen molar-refractivity contribution in [2.24, 2.45) is 0 Å². The van der Waals surface area contributed by atoms with Crippen molar-refractivity contribution in [2.75, 3.05) is 4.72 Å². The molecule has 0 aliphatic heterocycles. The number of nitrogens with one attached hydrogen (secondary N) is 2. The van der Waals surface area contributed by atoms with Gasteiger partial charge in [0.2, 0.25) is 0 Å². The summed E-state index contributed by atoms with van der Waals surface area (Å²) >= 11 is 0. The summed E-state index contributed by atoms with van der Waals surface area (Å²) in [6.45, 7) is 1.68. The summed E-state index contributed by atoms with van der Waals surface area (Å²) in [5.74, 6) is -1.12. The second-order valence-electron chi connectivity index (χ2n) is 3.86. The first kappa shape index (κ1) is 13.1. The number of sulfonamides is 1.